The van der Waals surface area contributed by atoms with Crippen LogP contribution in [0.5, 0.6) is 17.2 Å². The number of rotatable bonds is 6. The highest BCUT2D eigenvalue weighted by Crippen LogP contribution is 2.37. The van der Waals surface area contributed by atoms with Crippen molar-refractivity contribution < 1.29 is 18.7 Å². The molecule has 5 nitrogen and oxygen atoms in total. The summed E-state index contributed by atoms with van der Waals surface area (Å²) in [6, 6.07) is 18.8. The number of hydrogen-bond acceptors (Lipinski definition) is 4. The molecule has 1 aromatic heterocycles. The third kappa shape index (κ3) is 4.37. The van der Waals surface area contributed by atoms with Gasteiger partial charge in [-0.25, -0.2) is 0 Å². The second-order valence-corrected chi connectivity index (χ2v) is 7.63. The van der Waals surface area contributed by atoms with Crippen LogP contribution >= 0.6 is 0 Å². The van der Waals surface area contributed by atoms with Crippen molar-refractivity contribution in [2.45, 2.75) is 20.8 Å². The minimum Gasteiger partial charge on any atom is -0.496 e. The van der Waals surface area contributed by atoms with Gasteiger partial charge in [0.2, 0.25) is 5.91 Å². The van der Waals surface area contributed by atoms with Gasteiger partial charge in [-0.2, -0.15) is 0 Å². The highest BCUT2D eigenvalue weighted by atomic mass is 16.5. The number of hydrogen-bond donors (Lipinski definition) is 1. The fourth-order valence-corrected chi connectivity index (χ4v) is 3.68. The first kappa shape index (κ1) is 21.2. The smallest absolute Gasteiger partial charge is 0.248 e. The van der Waals surface area contributed by atoms with Gasteiger partial charge in [-0.1, -0.05) is 18.2 Å². The second-order valence-electron chi connectivity index (χ2n) is 7.63. The number of carbonyl (C=O) groups is 1. The van der Waals surface area contributed by atoms with E-state index in [1.165, 1.54) is 0 Å². The van der Waals surface area contributed by atoms with Crippen LogP contribution in [0.15, 0.2) is 77.4 Å². The zero-order valence-corrected chi connectivity index (χ0v) is 18.6. The Kier molecular flexibility index (Phi) is 5.99. The van der Waals surface area contributed by atoms with Crippen molar-refractivity contribution >= 4 is 28.1 Å². The molecule has 0 fully saturated rings. The molecule has 0 aliphatic rings. The molecule has 1 N–H and O–H groups in total. The minimum atomic E-state index is -0.219. The summed E-state index contributed by atoms with van der Waals surface area (Å²) in [4.78, 5) is 12.7. The molecule has 0 spiro atoms. The predicted molar refractivity (Wildman–Crippen MR) is 127 cm³/mol. The molecule has 0 unspecified atom stereocenters. The quantitative estimate of drug-likeness (QED) is 0.340. The fourth-order valence-electron chi connectivity index (χ4n) is 3.68. The molecule has 5 heteroatoms. The Morgan fingerprint density at radius 1 is 1.00 bits per heavy atom. The number of methoxy groups -OCH3 is 1. The summed E-state index contributed by atoms with van der Waals surface area (Å²) in [5, 5.41) is 3.91. The predicted octanol–water partition coefficient (Wildman–Crippen LogP) is 6.89. The van der Waals surface area contributed by atoms with Gasteiger partial charge < -0.3 is 19.2 Å². The molecule has 1 amide bonds. The van der Waals surface area contributed by atoms with E-state index in [0.29, 0.717) is 17.2 Å². The first-order valence-corrected chi connectivity index (χ1v) is 10.3. The summed E-state index contributed by atoms with van der Waals surface area (Å²) in [5.74, 6) is 1.94. The first-order chi connectivity index (χ1) is 15.5. The maximum absolute atomic E-state index is 12.7. The van der Waals surface area contributed by atoms with Crippen molar-refractivity contribution in [2.24, 2.45) is 0 Å². The van der Waals surface area contributed by atoms with E-state index in [-0.39, 0.29) is 5.91 Å². The molecular weight excluding hydrogens is 402 g/mol. The zero-order chi connectivity index (χ0) is 22.7. The van der Waals surface area contributed by atoms with E-state index in [2.05, 4.69) is 5.32 Å². The highest BCUT2D eigenvalue weighted by Gasteiger charge is 2.16. The van der Waals surface area contributed by atoms with Crippen molar-refractivity contribution in [3.05, 3.63) is 89.7 Å². The normalized spacial score (nSPS) is 11.4. The molecule has 0 aliphatic carbocycles. The minimum absolute atomic E-state index is 0.219. The molecule has 0 radical (unpaired) electrons. The van der Waals surface area contributed by atoms with Crippen molar-refractivity contribution in [2.75, 3.05) is 12.4 Å². The number of benzene rings is 3. The van der Waals surface area contributed by atoms with Crippen LogP contribution in [-0.2, 0) is 4.79 Å². The Hall–Kier alpha value is -3.99. The van der Waals surface area contributed by atoms with Crippen LogP contribution in [-0.4, -0.2) is 13.0 Å². The van der Waals surface area contributed by atoms with Gasteiger partial charge in [0.1, 0.15) is 22.8 Å². The molecule has 4 rings (SSSR count). The van der Waals surface area contributed by atoms with E-state index >= 15 is 0 Å². The van der Waals surface area contributed by atoms with Crippen LogP contribution in [0, 0.1) is 13.8 Å². The van der Waals surface area contributed by atoms with Crippen LogP contribution in [0.25, 0.3) is 16.5 Å². The van der Waals surface area contributed by atoms with Crippen molar-refractivity contribution in [3.8, 4) is 17.2 Å². The van der Waals surface area contributed by atoms with Crippen LogP contribution in [0.3, 0.4) is 0 Å². The number of anilines is 1. The number of nitrogens with one attached hydrogen (secondary N) is 1. The number of fused-ring (bicyclic) bond motifs is 1. The molecular formula is C27H25NO4. The summed E-state index contributed by atoms with van der Waals surface area (Å²) in [6.45, 7) is 5.85. The summed E-state index contributed by atoms with van der Waals surface area (Å²) >= 11 is 0. The van der Waals surface area contributed by atoms with Gasteiger partial charge in [-0.05, 0) is 74.4 Å². The second kappa shape index (κ2) is 9.02. The zero-order valence-electron chi connectivity index (χ0n) is 18.6. The van der Waals surface area contributed by atoms with E-state index in [1.807, 2.05) is 81.4 Å². The molecule has 1 heterocycles. The lowest BCUT2D eigenvalue weighted by molar-refractivity contribution is -0.111. The van der Waals surface area contributed by atoms with E-state index in [9.17, 15) is 4.79 Å². The molecule has 162 valence electrons. The van der Waals surface area contributed by atoms with Crippen LogP contribution in [0.4, 0.5) is 5.69 Å². The third-order valence-electron chi connectivity index (χ3n) is 5.31. The number of carbonyl (C=O) groups excluding carboxylic acids is 1. The van der Waals surface area contributed by atoms with Gasteiger partial charge in [-0.3, -0.25) is 4.79 Å². The number of amides is 1. The van der Waals surface area contributed by atoms with Gasteiger partial charge >= 0.3 is 0 Å². The lowest BCUT2D eigenvalue weighted by atomic mass is 9.98. The maximum atomic E-state index is 12.7. The summed E-state index contributed by atoms with van der Waals surface area (Å²) in [7, 11) is 1.62. The maximum Gasteiger partial charge on any atom is 0.248 e. The standard InChI is InChI=1S/C27H25NO4/c1-17(23-15-24-18(2)16-31-27(24)19(3)26(23)30-4)14-25(29)28-20-10-12-22(13-11-20)32-21-8-6-5-7-9-21/h5-16H,1-4H3,(H,28,29)/b17-14+. The Bertz CT molecular complexity index is 1280. The molecule has 0 saturated carbocycles. The average Bonchev–Trinajstić information content (AvgIpc) is 3.16. The molecule has 4 aromatic rings. The van der Waals surface area contributed by atoms with Crippen molar-refractivity contribution in [3.63, 3.8) is 0 Å². The Balaban J connectivity index is 1.52. The molecule has 0 bridgehead atoms. The molecule has 3 aromatic carbocycles. The largest absolute Gasteiger partial charge is 0.496 e. The van der Waals surface area contributed by atoms with E-state index < -0.39 is 0 Å². The lowest BCUT2D eigenvalue weighted by Crippen LogP contribution is -2.08. The first-order valence-electron chi connectivity index (χ1n) is 10.3. The highest BCUT2D eigenvalue weighted by molar-refractivity contribution is 6.05. The van der Waals surface area contributed by atoms with Crippen LogP contribution in [0.2, 0.25) is 0 Å². The summed E-state index contributed by atoms with van der Waals surface area (Å²) in [6.07, 6.45) is 3.31. The SMILES string of the molecule is COc1c(/C(C)=C/C(=O)Nc2ccc(Oc3ccccc3)cc2)cc2c(C)coc2c1C. The number of aryl methyl sites for hydroxylation is 2. The molecule has 0 atom stereocenters. The number of ether oxygens (including phenoxy) is 2. The number of para-hydroxylation sites is 1. The lowest BCUT2D eigenvalue weighted by Gasteiger charge is -2.13. The van der Waals surface area contributed by atoms with E-state index in [4.69, 9.17) is 13.9 Å². The van der Waals surface area contributed by atoms with Gasteiger partial charge in [0.25, 0.3) is 0 Å². The number of furan rings is 1. The third-order valence-corrected chi connectivity index (χ3v) is 5.31. The fraction of sp³-hybridized carbons (Fsp3) is 0.148. The summed E-state index contributed by atoms with van der Waals surface area (Å²) < 4.78 is 17.1. The van der Waals surface area contributed by atoms with Gasteiger partial charge in [0, 0.05) is 28.3 Å². The number of allylic oxidation sites excluding steroid dienone is 1. The Morgan fingerprint density at radius 3 is 2.38 bits per heavy atom. The van der Waals surface area contributed by atoms with Gasteiger partial charge in [-0.15, -0.1) is 0 Å². The van der Waals surface area contributed by atoms with Gasteiger partial charge in [0.15, 0.2) is 0 Å². The van der Waals surface area contributed by atoms with E-state index in [0.717, 1.165) is 39.0 Å². The Labute approximate surface area is 187 Å². The van der Waals surface area contributed by atoms with Crippen LogP contribution < -0.4 is 14.8 Å². The average molecular weight is 428 g/mol. The van der Waals surface area contributed by atoms with Crippen molar-refractivity contribution in [1.29, 1.82) is 0 Å². The topological polar surface area (TPSA) is 60.7 Å². The monoisotopic (exact) mass is 427 g/mol. The van der Waals surface area contributed by atoms with E-state index in [1.54, 1.807) is 19.4 Å². The summed E-state index contributed by atoms with van der Waals surface area (Å²) in [5.41, 5.74) is 5.11. The van der Waals surface area contributed by atoms with Crippen LogP contribution in [0.1, 0.15) is 23.6 Å². The molecule has 0 saturated heterocycles. The Morgan fingerprint density at radius 2 is 1.69 bits per heavy atom. The molecule has 0 aliphatic heterocycles. The molecule has 32 heavy (non-hydrogen) atoms. The van der Waals surface area contributed by atoms with Gasteiger partial charge in [0.05, 0.1) is 13.4 Å². The van der Waals surface area contributed by atoms with Crippen molar-refractivity contribution in [1.82, 2.24) is 0 Å².